The zero-order valence-corrected chi connectivity index (χ0v) is 34.8. The number of hydrogen-bond donors (Lipinski definition) is 3. The predicted molar refractivity (Wildman–Crippen MR) is 233 cm³/mol. The summed E-state index contributed by atoms with van der Waals surface area (Å²) in [4.78, 5) is 57.0. The van der Waals surface area contributed by atoms with Gasteiger partial charge in [0.05, 0.1) is 64.4 Å². The highest BCUT2D eigenvalue weighted by Gasteiger charge is 2.33. The van der Waals surface area contributed by atoms with Gasteiger partial charge in [0.25, 0.3) is 0 Å². The highest BCUT2D eigenvalue weighted by atomic mass is 35.5. The number of carboxylic acids is 1. The zero-order chi connectivity index (χ0) is 40.2. The number of hydrogen-bond acceptors (Lipinski definition) is 13. The second kappa shape index (κ2) is 15.8. The number of nitrogens with zero attached hydrogens (tertiary/aromatic N) is 7. The van der Waals surface area contributed by atoms with Gasteiger partial charge in [0.2, 0.25) is 5.91 Å². The van der Waals surface area contributed by atoms with E-state index < -0.39 is 5.97 Å². The molecule has 3 N–H and O–H groups in total. The number of aliphatic imine (C=N–C) groups is 2. The predicted octanol–water partition coefficient (Wildman–Crippen LogP) is 8.19. The Kier molecular flexibility index (Phi) is 10.2. The molecule has 0 saturated carbocycles. The molecule has 17 heteroatoms. The number of aliphatic carboxylic acids is 1. The highest BCUT2D eigenvalue weighted by molar-refractivity contribution is 7.19. The van der Waals surface area contributed by atoms with Crippen molar-refractivity contribution in [2.75, 3.05) is 36.9 Å². The van der Waals surface area contributed by atoms with E-state index in [1.165, 1.54) is 16.8 Å². The highest BCUT2D eigenvalue weighted by Crippen LogP contribution is 2.43. The average Bonchev–Trinajstić information content (AvgIpc) is 4.06. The molecule has 7 heterocycles. The number of ether oxygens (including phenoxy) is 1. The van der Waals surface area contributed by atoms with Gasteiger partial charge in [0, 0.05) is 41.2 Å². The summed E-state index contributed by atoms with van der Waals surface area (Å²) in [6.07, 6.45) is 11.2. The molecule has 1 saturated heterocycles. The number of benzene rings is 2. The van der Waals surface area contributed by atoms with Gasteiger partial charge in [-0.25, -0.2) is 19.9 Å². The fraction of sp³-hybridized carbons (Fsp3) is 0.333. The fourth-order valence-corrected chi connectivity index (χ4v) is 11.6. The van der Waals surface area contributed by atoms with E-state index in [1.807, 2.05) is 41.6 Å². The van der Waals surface area contributed by atoms with Crippen LogP contribution in [0.4, 0.5) is 23.0 Å². The number of nitrogens with one attached hydrogen (secondary N) is 2. The molecule has 0 radical (unpaired) electrons. The van der Waals surface area contributed by atoms with Gasteiger partial charge in [-0.05, 0) is 96.2 Å². The quantitative estimate of drug-likeness (QED) is 0.149. The molecule has 1 amide bonds. The van der Waals surface area contributed by atoms with Gasteiger partial charge in [-0.3, -0.25) is 19.6 Å². The number of fused-ring (bicyclic) bond motifs is 8. The molecule has 59 heavy (non-hydrogen) atoms. The van der Waals surface area contributed by atoms with Crippen LogP contribution in [-0.2, 0) is 53.1 Å². The molecule has 11 rings (SSSR count). The Morgan fingerprint density at radius 3 is 1.76 bits per heavy atom. The molecule has 2 aromatic carbocycles. The summed E-state index contributed by atoms with van der Waals surface area (Å²) < 4.78 is 5.40. The van der Waals surface area contributed by atoms with Crippen LogP contribution in [0.1, 0.15) is 56.0 Å². The van der Waals surface area contributed by atoms with Crippen LogP contribution in [0, 0.1) is 11.8 Å². The number of carbonyl (C=O) groups is 2. The first kappa shape index (κ1) is 38.2. The van der Waals surface area contributed by atoms with Crippen LogP contribution in [0.15, 0.2) is 46.9 Å². The summed E-state index contributed by atoms with van der Waals surface area (Å²) in [6.45, 7) is 3.99. The van der Waals surface area contributed by atoms with Crippen molar-refractivity contribution in [1.29, 1.82) is 0 Å². The van der Waals surface area contributed by atoms with E-state index in [0.717, 1.165) is 96.0 Å². The Balaban J connectivity index is 0.000000145. The normalized spacial score (nSPS) is 18.8. The summed E-state index contributed by atoms with van der Waals surface area (Å²) in [7, 11) is 0. The number of amides is 1. The van der Waals surface area contributed by atoms with Crippen LogP contribution in [0.5, 0.6) is 0 Å². The molecule has 2 aliphatic carbocycles. The van der Waals surface area contributed by atoms with Crippen molar-refractivity contribution in [3.8, 4) is 0 Å². The Morgan fingerprint density at radius 1 is 0.729 bits per heavy atom. The molecule has 300 valence electrons. The van der Waals surface area contributed by atoms with Crippen molar-refractivity contribution in [2.45, 2.75) is 51.6 Å². The molecule has 5 aliphatic rings. The number of morpholine rings is 1. The van der Waals surface area contributed by atoms with Crippen LogP contribution < -0.4 is 10.6 Å². The number of aryl methyl sites for hydroxylation is 2. The van der Waals surface area contributed by atoms with E-state index in [2.05, 4.69) is 40.6 Å². The molecule has 4 aromatic heterocycles. The van der Waals surface area contributed by atoms with E-state index in [4.69, 9.17) is 27.9 Å². The molecule has 3 aliphatic heterocycles. The number of anilines is 4. The lowest BCUT2D eigenvalue weighted by Crippen LogP contribution is -2.44. The van der Waals surface area contributed by atoms with Crippen molar-refractivity contribution in [3.63, 3.8) is 0 Å². The number of halogens is 2. The minimum absolute atomic E-state index is 0.0310. The fourth-order valence-electron chi connectivity index (χ4n) is 8.58. The lowest BCUT2D eigenvalue weighted by molar-refractivity contribution is -0.142. The van der Waals surface area contributed by atoms with Crippen molar-refractivity contribution in [2.24, 2.45) is 21.8 Å². The van der Waals surface area contributed by atoms with E-state index in [9.17, 15) is 14.7 Å². The van der Waals surface area contributed by atoms with Gasteiger partial charge >= 0.3 is 5.97 Å². The maximum atomic E-state index is 13.0. The van der Waals surface area contributed by atoms with Crippen molar-refractivity contribution in [3.05, 3.63) is 90.1 Å². The van der Waals surface area contributed by atoms with Crippen LogP contribution >= 0.6 is 45.9 Å². The average molecular weight is 867 g/mol. The van der Waals surface area contributed by atoms with E-state index in [0.29, 0.717) is 68.1 Å². The van der Waals surface area contributed by atoms with Crippen molar-refractivity contribution >= 4 is 114 Å². The summed E-state index contributed by atoms with van der Waals surface area (Å²) >= 11 is 16.2. The van der Waals surface area contributed by atoms with E-state index in [-0.39, 0.29) is 17.7 Å². The first-order valence-electron chi connectivity index (χ1n) is 19.6. The molecule has 1 fully saturated rings. The lowest BCUT2D eigenvalue weighted by Gasteiger charge is -2.31. The van der Waals surface area contributed by atoms with Crippen LogP contribution in [-0.4, -0.2) is 80.6 Å². The summed E-state index contributed by atoms with van der Waals surface area (Å²) in [5.74, 6) is 0.718. The molecule has 0 bridgehead atoms. The Labute approximate surface area is 356 Å². The first-order chi connectivity index (χ1) is 28.8. The Hall–Kier alpha value is -5.06. The van der Waals surface area contributed by atoms with Gasteiger partial charge in [0.1, 0.15) is 34.0 Å². The number of carbonyl (C=O) groups excluding carboxylic acids is 1. The summed E-state index contributed by atoms with van der Waals surface area (Å²) in [5.41, 5.74) is 8.41. The van der Waals surface area contributed by atoms with E-state index in [1.54, 1.807) is 29.0 Å². The Morgan fingerprint density at radius 2 is 1.24 bits per heavy atom. The van der Waals surface area contributed by atoms with Crippen LogP contribution in [0.3, 0.4) is 0 Å². The number of carboxylic acid groups (broad SMARTS) is 1. The zero-order valence-electron chi connectivity index (χ0n) is 31.6. The molecule has 0 unspecified atom stereocenters. The maximum absolute atomic E-state index is 13.0. The third-order valence-electron chi connectivity index (χ3n) is 11.7. The monoisotopic (exact) mass is 865 g/mol. The Bertz CT molecular complexity index is 2750. The lowest BCUT2D eigenvalue weighted by atomic mass is 9.86. The minimum atomic E-state index is -0.728. The van der Waals surface area contributed by atoms with Gasteiger partial charge < -0.3 is 25.4 Å². The molecular formula is C42H37Cl2N9O4S2. The smallest absolute Gasteiger partial charge is 0.306 e. The second-order valence-electron chi connectivity index (χ2n) is 15.2. The van der Waals surface area contributed by atoms with Crippen LogP contribution in [0.2, 0.25) is 10.0 Å². The second-order valence-corrected chi connectivity index (χ2v) is 18.2. The third kappa shape index (κ3) is 7.33. The number of thiophene rings is 2. The molecular weight excluding hydrogens is 830 g/mol. The summed E-state index contributed by atoms with van der Waals surface area (Å²) in [6, 6.07) is 7.92. The van der Waals surface area contributed by atoms with Crippen molar-refractivity contribution in [1.82, 2.24) is 24.8 Å². The first-order valence-corrected chi connectivity index (χ1v) is 21.9. The topological polar surface area (TPSA) is 167 Å². The SMILES string of the molecule is O=C(O)[C@H]1CCc2c(sc3ncnc(Nc4cc5c(cc4Cl)CN=C5)c23)C1.O=C([C@H]1CCc2c(sc3ncnc(Nc4cc5c(cc4Cl)CN=C5)c23)C1)N1CCOCC1. The van der Waals surface area contributed by atoms with Gasteiger partial charge in [0.15, 0.2) is 0 Å². The van der Waals surface area contributed by atoms with Gasteiger partial charge in [-0.1, -0.05) is 23.2 Å². The largest absolute Gasteiger partial charge is 0.481 e. The standard InChI is InChI=1S/C23H22ClN5O2S.C19H15ClN4O2S/c24-17-7-14-10-25-11-15(14)8-18(17)28-21-20-16-2-1-13(23(30)29-3-5-31-6-4-29)9-19(16)32-22(20)27-12-26-21;20-13-3-10-6-21-7-11(10)4-14(13)24-17-16-12-2-1-9(19(25)26)5-15(12)27-18(16)23-8-22-17/h7-8,11-13H,1-6,9-10H2,(H,26,27,28);3-4,7-9H,1-2,5-6H2,(H,25,26)(H,22,23,24)/t13-;9-/m00/s1. The van der Waals surface area contributed by atoms with Crippen LogP contribution in [0.25, 0.3) is 20.4 Å². The number of aromatic nitrogens is 4. The molecule has 0 spiro atoms. The van der Waals surface area contributed by atoms with Gasteiger partial charge in [-0.2, -0.15) is 0 Å². The molecule has 13 nitrogen and oxygen atoms in total. The molecule has 6 aromatic rings. The molecule has 2 atom stereocenters. The number of rotatable bonds is 6. The summed E-state index contributed by atoms with van der Waals surface area (Å²) in [5, 5.41) is 19.4. The minimum Gasteiger partial charge on any atom is -0.481 e. The van der Waals surface area contributed by atoms with Gasteiger partial charge in [-0.15, -0.1) is 22.7 Å². The third-order valence-corrected chi connectivity index (χ3v) is 14.6. The maximum Gasteiger partial charge on any atom is 0.306 e. The van der Waals surface area contributed by atoms with E-state index >= 15 is 0 Å². The van der Waals surface area contributed by atoms with Crippen molar-refractivity contribution < 1.29 is 19.4 Å².